The number of phenols is 1. The summed E-state index contributed by atoms with van der Waals surface area (Å²) in [6.07, 6.45) is 1.98. The molecule has 3 nitrogen and oxygen atoms in total. The highest BCUT2D eigenvalue weighted by Gasteiger charge is 2.08. The van der Waals surface area contributed by atoms with Gasteiger partial charge in [0.15, 0.2) is 0 Å². The summed E-state index contributed by atoms with van der Waals surface area (Å²) in [5, 5.41) is 12.4. The second kappa shape index (κ2) is 6.29. The van der Waals surface area contributed by atoms with Crippen LogP contribution >= 0.6 is 34.4 Å². The van der Waals surface area contributed by atoms with Crippen LogP contribution in [0.1, 0.15) is 10.4 Å². The fourth-order valence-electron chi connectivity index (χ4n) is 1.56. The molecule has 2 aromatic rings. The number of thioether (sulfide) groups is 1. The number of aromatic hydroxyl groups is 1. The van der Waals surface area contributed by atoms with Crippen molar-refractivity contribution in [2.24, 2.45) is 0 Å². The zero-order valence-corrected chi connectivity index (χ0v) is 13.2. The van der Waals surface area contributed by atoms with E-state index in [0.29, 0.717) is 5.56 Å². The average Bonchev–Trinajstić information content (AvgIpc) is 2.42. The van der Waals surface area contributed by atoms with Crippen molar-refractivity contribution in [3.05, 3.63) is 51.6 Å². The van der Waals surface area contributed by atoms with Gasteiger partial charge in [-0.1, -0.05) is 6.07 Å². The molecule has 0 aliphatic rings. The largest absolute Gasteiger partial charge is 0.507 e. The molecule has 2 rings (SSSR count). The van der Waals surface area contributed by atoms with Crippen LogP contribution in [0, 0.1) is 3.57 Å². The molecular weight excluding hydrogens is 373 g/mol. The Hall–Kier alpha value is -1.21. The third-order valence-corrected chi connectivity index (χ3v) is 4.17. The number of hydrogen-bond acceptors (Lipinski definition) is 3. The van der Waals surface area contributed by atoms with Crippen LogP contribution in [0.2, 0.25) is 0 Å². The number of anilines is 1. The quantitative estimate of drug-likeness (QED) is 0.621. The molecule has 0 saturated carbocycles. The Morgan fingerprint density at radius 2 is 2.05 bits per heavy atom. The van der Waals surface area contributed by atoms with E-state index in [1.807, 2.05) is 53.1 Å². The average molecular weight is 385 g/mol. The number of halogens is 1. The monoisotopic (exact) mass is 385 g/mol. The molecule has 0 radical (unpaired) electrons. The zero-order valence-electron chi connectivity index (χ0n) is 10.2. The van der Waals surface area contributed by atoms with E-state index in [-0.39, 0.29) is 11.7 Å². The minimum absolute atomic E-state index is 0.117. The number of nitrogens with one attached hydrogen (secondary N) is 1. The van der Waals surface area contributed by atoms with Crippen molar-refractivity contribution in [3.63, 3.8) is 0 Å². The molecule has 0 fully saturated rings. The van der Waals surface area contributed by atoms with E-state index in [1.165, 1.54) is 6.07 Å². The highest BCUT2D eigenvalue weighted by molar-refractivity contribution is 14.1. The van der Waals surface area contributed by atoms with Crippen molar-refractivity contribution in [1.82, 2.24) is 0 Å². The molecule has 0 heterocycles. The second-order valence-electron chi connectivity index (χ2n) is 3.85. The molecule has 2 N–H and O–H groups in total. The van der Waals surface area contributed by atoms with Crippen LogP contribution in [0.5, 0.6) is 5.75 Å². The normalized spacial score (nSPS) is 10.2. The Balaban J connectivity index is 2.18. The predicted molar refractivity (Wildman–Crippen MR) is 87.0 cm³/mol. The van der Waals surface area contributed by atoms with Crippen LogP contribution in [-0.4, -0.2) is 17.3 Å². The number of carbonyl (C=O) groups excluding carboxylic acids is 1. The van der Waals surface area contributed by atoms with E-state index < -0.39 is 0 Å². The van der Waals surface area contributed by atoms with Gasteiger partial charge in [0.1, 0.15) is 5.75 Å². The predicted octanol–water partition coefficient (Wildman–Crippen LogP) is 3.97. The maximum atomic E-state index is 12.0. The Morgan fingerprint density at radius 3 is 2.74 bits per heavy atom. The Morgan fingerprint density at radius 1 is 1.26 bits per heavy atom. The van der Waals surface area contributed by atoms with Crippen molar-refractivity contribution in [2.75, 3.05) is 11.6 Å². The van der Waals surface area contributed by atoms with Crippen molar-refractivity contribution >= 4 is 45.9 Å². The number of phenolic OH excluding ortho intramolecular Hbond substituents is 1. The SMILES string of the molecule is CSc1cccc(NC(=O)c2ccc(I)c(O)c2)c1. The number of benzene rings is 2. The van der Waals surface area contributed by atoms with Gasteiger partial charge in [-0.25, -0.2) is 0 Å². The number of hydrogen-bond donors (Lipinski definition) is 2. The lowest BCUT2D eigenvalue weighted by Gasteiger charge is -2.07. The molecule has 19 heavy (non-hydrogen) atoms. The zero-order chi connectivity index (χ0) is 13.8. The van der Waals surface area contributed by atoms with Crippen LogP contribution in [0.15, 0.2) is 47.4 Å². The first kappa shape index (κ1) is 14.2. The van der Waals surface area contributed by atoms with Gasteiger partial charge in [0.2, 0.25) is 0 Å². The molecule has 0 aliphatic heterocycles. The first-order valence-corrected chi connectivity index (χ1v) is 7.84. The first-order chi connectivity index (χ1) is 9.10. The third-order valence-electron chi connectivity index (χ3n) is 2.54. The molecule has 0 aliphatic carbocycles. The van der Waals surface area contributed by atoms with Gasteiger partial charge in [-0.2, -0.15) is 0 Å². The van der Waals surface area contributed by atoms with Crippen molar-refractivity contribution in [3.8, 4) is 5.75 Å². The molecule has 1 amide bonds. The van der Waals surface area contributed by atoms with Crippen LogP contribution in [0.25, 0.3) is 0 Å². The van der Waals surface area contributed by atoms with E-state index >= 15 is 0 Å². The molecule has 2 aromatic carbocycles. The van der Waals surface area contributed by atoms with Crippen molar-refractivity contribution < 1.29 is 9.90 Å². The van der Waals surface area contributed by atoms with Crippen LogP contribution in [0.3, 0.4) is 0 Å². The standard InChI is InChI=1S/C14H12INO2S/c1-19-11-4-2-3-10(8-11)16-14(18)9-5-6-12(15)13(17)7-9/h2-8,17H,1H3,(H,16,18). The summed E-state index contributed by atoms with van der Waals surface area (Å²) < 4.78 is 0.721. The highest BCUT2D eigenvalue weighted by atomic mass is 127. The Bertz CT molecular complexity index is 616. The minimum Gasteiger partial charge on any atom is -0.507 e. The second-order valence-corrected chi connectivity index (χ2v) is 5.89. The van der Waals surface area contributed by atoms with Crippen LogP contribution in [-0.2, 0) is 0 Å². The number of carbonyl (C=O) groups is 1. The van der Waals surface area contributed by atoms with Crippen molar-refractivity contribution in [2.45, 2.75) is 4.90 Å². The molecule has 0 saturated heterocycles. The van der Waals surface area contributed by atoms with Gasteiger partial charge in [0.25, 0.3) is 5.91 Å². The smallest absolute Gasteiger partial charge is 0.255 e. The molecule has 0 aromatic heterocycles. The van der Waals surface area contributed by atoms with Gasteiger partial charge < -0.3 is 10.4 Å². The fourth-order valence-corrected chi connectivity index (χ4v) is 2.35. The van der Waals surface area contributed by atoms with Gasteiger partial charge in [0.05, 0.1) is 3.57 Å². The lowest BCUT2D eigenvalue weighted by atomic mass is 10.2. The molecule has 0 bridgehead atoms. The van der Waals surface area contributed by atoms with E-state index in [9.17, 15) is 9.90 Å². The molecule has 0 spiro atoms. The summed E-state index contributed by atoms with van der Waals surface area (Å²) in [5.41, 5.74) is 1.18. The summed E-state index contributed by atoms with van der Waals surface area (Å²) in [6, 6.07) is 12.5. The van der Waals surface area contributed by atoms with Crippen LogP contribution < -0.4 is 5.32 Å². The summed E-state index contributed by atoms with van der Waals surface area (Å²) in [7, 11) is 0. The van der Waals surface area contributed by atoms with Gasteiger partial charge in [-0.15, -0.1) is 11.8 Å². The topological polar surface area (TPSA) is 49.3 Å². The number of amides is 1. The molecule has 5 heteroatoms. The summed E-state index contributed by atoms with van der Waals surface area (Å²) >= 11 is 3.63. The fraction of sp³-hybridized carbons (Fsp3) is 0.0714. The lowest BCUT2D eigenvalue weighted by molar-refractivity contribution is 0.102. The molecule has 0 atom stereocenters. The summed E-state index contributed by atoms with van der Waals surface area (Å²) in [5.74, 6) is -0.115. The Kier molecular flexibility index (Phi) is 4.71. The van der Waals surface area contributed by atoms with Crippen molar-refractivity contribution in [1.29, 1.82) is 0 Å². The van der Waals surface area contributed by atoms with Crippen LogP contribution in [0.4, 0.5) is 5.69 Å². The third kappa shape index (κ3) is 3.63. The minimum atomic E-state index is -0.232. The molecular formula is C14H12INO2S. The first-order valence-electron chi connectivity index (χ1n) is 5.54. The van der Waals surface area contributed by atoms with Gasteiger partial charge in [-0.05, 0) is 65.2 Å². The number of rotatable bonds is 3. The molecule has 0 unspecified atom stereocenters. The maximum absolute atomic E-state index is 12.0. The van der Waals surface area contributed by atoms with E-state index in [0.717, 1.165) is 14.2 Å². The maximum Gasteiger partial charge on any atom is 0.255 e. The van der Waals surface area contributed by atoms with Gasteiger partial charge in [-0.3, -0.25) is 4.79 Å². The van der Waals surface area contributed by atoms with Gasteiger partial charge in [0, 0.05) is 16.1 Å². The van der Waals surface area contributed by atoms with Gasteiger partial charge >= 0.3 is 0 Å². The summed E-state index contributed by atoms with van der Waals surface area (Å²) in [6.45, 7) is 0. The van der Waals surface area contributed by atoms with E-state index in [2.05, 4.69) is 5.32 Å². The highest BCUT2D eigenvalue weighted by Crippen LogP contribution is 2.22. The molecule has 98 valence electrons. The summed E-state index contributed by atoms with van der Waals surface area (Å²) in [4.78, 5) is 13.1. The lowest BCUT2D eigenvalue weighted by Crippen LogP contribution is -2.11. The van der Waals surface area contributed by atoms with E-state index in [4.69, 9.17) is 0 Å². The van der Waals surface area contributed by atoms with E-state index in [1.54, 1.807) is 23.9 Å². The Labute approximate surface area is 129 Å².